The number of aliphatic hydroxyl groups is 1. The van der Waals surface area contributed by atoms with E-state index in [2.05, 4.69) is 4.89 Å². The van der Waals surface area contributed by atoms with Gasteiger partial charge in [0.1, 0.15) is 98.4 Å². The van der Waals surface area contributed by atoms with E-state index in [-0.39, 0.29) is 215 Å². The Morgan fingerprint density at radius 3 is 1.41 bits per heavy atom. The predicted molar refractivity (Wildman–Crippen MR) is 256 cm³/mol. The van der Waals surface area contributed by atoms with Crippen molar-refractivity contribution in [3.8, 4) is 69.0 Å². The molecule has 4 atom stereocenters. The van der Waals surface area contributed by atoms with Crippen molar-refractivity contribution in [1.82, 2.24) is 0 Å². The van der Waals surface area contributed by atoms with Crippen LogP contribution < -0.4 is 180 Å². The van der Waals surface area contributed by atoms with Gasteiger partial charge in [-0.05, 0) is 53.1 Å². The first-order valence-electron chi connectivity index (χ1n) is 21.4. The molecule has 3 heterocycles. The average molecular weight is 1080 g/mol. The second-order valence-corrected chi connectivity index (χ2v) is 15.4. The van der Waals surface area contributed by atoms with Gasteiger partial charge >= 0.3 is 132 Å². The molecule has 18 nitrogen and oxygen atoms in total. The van der Waals surface area contributed by atoms with Crippen LogP contribution in [0.25, 0.3) is 0 Å². The number of aromatic hydroxyl groups is 3. The maximum Gasteiger partial charge on any atom is 1.00 e. The molecule has 9 rings (SSSR count). The number of benzene rings is 6. The maximum atomic E-state index is 12.5. The number of methoxy groups -OCH3 is 6. The van der Waals surface area contributed by atoms with Gasteiger partial charge in [0, 0.05) is 51.2 Å². The van der Waals surface area contributed by atoms with Gasteiger partial charge in [-0.1, -0.05) is 36.4 Å². The number of carbonyl (C=O) groups is 3. The standard InChI is InChI=1S/C18H20O5.C18H18O5.C15H12O5.CH2O3.B.2K.Na.2H/c2*1-20-12-6-4-11(5-7-12)15-10-14(19)18-16(22-3)8-13(21-2)9-17(18)23-15;16-9-3-1-8(2-4-9)13-7-12(19)15-11(18)5-10(17)6-14(15)20-13;2-1-4-3;;;;;;/h4-9,14-15,19H,10H2,1-3H3;4-9,15H,10H2,1-3H3;1-6,13,16-18H,7H2;1,3H;;;;;;/q;;;;;3*+1;2*-1/p-1/t14?,15-;;;;;;;;;/m0........./s1. The molecular formula is C52H53BK2NaO18. The normalized spacial score (nSPS) is 16.1. The Kier molecular flexibility index (Phi) is 28.5. The van der Waals surface area contributed by atoms with E-state index in [0.29, 0.717) is 52.0 Å². The molecule has 3 aliphatic heterocycles. The molecule has 4 N–H and O–H groups in total. The summed E-state index contributed by atoms with van der Waals surface area (Å²) in [4.78, 5) is 35.9. The summed E-state index contributed by atoms with van der Waals surface area (Å²) in [5.41, 5.74) is 3.88. The molecule has 0 bridgehead atoms. The number of ketones is 2. The first kappa shape index (κ1) is 66.1. The number of rotatable bonds is 10. The molecular weight excluding hydrogens is 1020 g/mol. The van der Waals surface area contributed by atoms with Crippen molar-refractivity contribution in [2.45, 2.75) is 43.7 Å². The zero-order chi connectivity index (χ0) is 50.5. The molecule has 3 aliphatic rings. The quantitative estimate of drug-likeness (QED) is 0.0527. The van der Waals surface area contributed by atoms with E-state index in [0.717, 1.165) is 34.3 Å². The predicted octanol–water partition coefficient (Wildman–Crippen LogP) is -1.51. The van der Waals surface area contributed by atoms with Crippen molar-refractivity contribution in [1.29, 1.82) is 0 Å². The summed E-state index contributed by atoms with van der Waals surface area (Å²) in [6, 6.07) is 30.9. The number of ether oxygens (including phenoxy) is 9. The van der Waals surface area contributed by atoms with Gasteiger partial charge in [0.25, 0.3) is 6.47 Å². The molecule has 0 saturated carbocycles. The number of aliphatic hydroxyl groups excluding tert-OH is 1. The fourth-order valence-corrected chi connectivity index (χ4v) is 7.82. The monoisotopic (exact) mass is 1080 g/mol. The third kappa shape index (κ3) is 16.7. The molecule has 0 saturated heterocycles. The van der Waals surface area contributed by atoms with Gasteiger partial charge in [-0.2, -0.15) is 0 Å². The molecule has 0 aliphatic carbocycles. The van der Waals surface area contributed by atoms with E-state index in [9.17, 15) is 30.0 Å². The first-order chi connectivity index (χ1) is 33.8. The summed E-state index contributed by atoms with van der Waals surface area (Å²) >= 11 is 0. The summed E-state index contributed by atoms with van der Waals surface area (Å²) in [6.45, 7) is -0.181. The van der Waals surface area contributed by atoms with Crippen LogP contribution in [0.2, 0.25) is 0 Å². The molecule has 0 amide bonds. The summed E-state index contributed by atoms with van der Waals surface area (Å²) in [5, 5.41) is 47.4. The summed E-state index contributed by atoms with van der Waals surface area (Å²) in [6.07, 6.45) is -0.915. The largest absolute Gasteiger partial charge is 1.00 e. The number of carbonyl (C=O) groups excluding carboxylic acids is 3. The van der Waals surface area contributed by atoms with Gasteiger partial charge in [0.15, 0.2) is 11.6 Å². The molecule has 0 spiro atoms. The number of phenols is 3. The van der Waals surface area contributed by atoms with Crippen LogP contribution in [0.3, 0.4) is 0 Å². The minimum Gasteiger partial charge on any atom is -1.00 e. The Morgan fingerprint density at radius 2 is 0.946 bits per heavy atom. The van der Waals surface area contributed by atoms with Gasteiger partial charge in [0.2, 0.25) is 0 Å². The SMILES string of the molecule is COc1ccc(C2CC(=O)c3c(OC)cc(OC)cc3O2)cc1.COc1ccc([C@@H]2CC(O)c3c(OC)cc(OC)cc3O2)cc1.O=C1CC(c2ccc(O)cc2)Oc2cc(O)cc(O)c21.O=CO[O-].[B].[H-].[H-].[K+].[K+].[Na+]. The van der Waals surface area contributed by atoms with Gasteiger partial charge in [-0.3, -0.25) is 14.4 Å². The van der Waals surface area contributed by atoms with Gasteiger partial charge in [0.05, 0.1) is 67.2 Å². The Balaban J connectivity index is 0.00000103. The number of phenolic OH excluding ortho intramolecular Hbond substituents is 3. The van der Waals surface area contributed by atoms with Gasteiger partial charge < -0.3 is 76.1 Å². The minimum atomic E-state index is -0.660. The van der Waals surface area contributed by atoms with Crippen LogP contribution in [0.15, 0.2) is 109 Å². The van der Waals surface area contributed by atoms with E-state index < -0.39 is 12.2 Å². The molecule has 6 aromatic carbocycles. The molecule has 3 unspecified atom stereocenters. The Hall–Kier alpha value is -4.01. The Labute approximate surface area is 540 Å². The molecule has 3 radical (unpaired) electrons. The van der Waals surface area contributed by atoms with Gasteiger partial charge in [-0.15, -0.1) is 0 Å². The third-order valence-corrected chi connectivity index (χ3v) is 11.3. The van der Waals surface area contributed by atoms with Crippen molar-refractivity contribution < 1.29 is 223 Å². The summed E-state index contributed by atoms with van der Waals surface area (Å²) < 4.78 is 49.3. The zero-order valence-electron chi connectivity index (χ0n) is 44.5. The molecule has 375 valence electrons. The Bertz CT molecular complexity index is 2780. The maximum absolute atomic E-state index is 12.5. The van der Waals surface area contributed by atoms with E-state index in [4.69, 9.17) is 52.7 Å². The molecule has 0 aromatic heterocycles. The smallest absolute Gasteiger partial charge is 1.00 e. The van der Waals surface area contributed by atoms with Crippen LogP contribution >= 0.6 is 0 Å². The summed E-state index contributed by atoms with van der Waals surface area (Å²) in [7, 11) is 9.48. The van der Waals surface area contributed by atoms with E-state index in [1.165, 1.54) is 25.3 Å². The van der Waals surface area contributed by atoms with Crippen molar-refractivity contribution in [2.75, 3.05) is 42.7 Å². The second kappa shape index (κ2) is 31.9. The van der Waals surface area contributed by atoms with Crippen molar-refractivity contribution in [3.05, 3.63) is 143 Å². The fourth-order valence-electron chi connectivity index (χ4n) is 7.82. The molecule has 74 heavy (non-hydrogen) atoms. The van der Waals surface area contributed by atoms with Crippen molar-refractivity contribution in [2.24, 2.45) is 0 Å². The Morgan fingerprint density at radius 1 is 0.541 bits per heavy atom. The van der Waals surface area contributed by atoms with Crippen LogP contribution in [0.1, 0.15) is 89.5 Å². The van der Waals surface area contributed by atoms with E-state index >= 15 is 0 Å². The average Bonchev–Trinajstić information content (AvgIpc) is 3.38. The summed E-state index contributed by atoms with van der Waals surface area (Å²) in [5.74, 6) is 4.46. The number of fused-ring (bicyclic) bond motifs is 3. The number of hydrogen-bond acceptors (Lipinski definition) is 18. The van der Waals surface area contributed by atoms with Crippen LogP contribution in [-0.2, 0) is 9.68 Å². The third-order valence-electron chi connectivity index (χ3n) is 11.3. The molecule has 22 heteroatoms. The fraction of sp³-hybridized carbons (Fsp3) is 0.250. The topological polar surface area (TPSA) is 247 Å². The molecule has 0 fully saturated rings. The zero-order valence-corrected chi connectivity index (χ0v) is 50.7. The minimum absolute atomic E-state index is 0. The van der Waals surface area contributed by atoms with Crippen LogP contribution in [0.5, 0.6) is 69.0 Å². The number of hydrogen-bond donors (Lipinski definition) is 4. The second-order valence-electron chi connectivity index (χ2n) is 15.4. The van der Waals surface area contributed by atoms with Crippen LogP contribution in [0, 0.1) is 0 Å². The van der Waals surface area contributed by atoms with Gasteiger partial charge in [-0.25, -0.2) is 0 Å². The van der Waals surface area contributed by atoms with E-state index in [1.54, 1.807) is 71.9 Å². The van der Waals surface area contributed by atoms with Crippen LogP contribution in [-0.4, -0.2) is 89.5 Å². The molecule has 6 aromatic rings. The first-order valence-corrected chi connectivity index (χ1v) is 21.4. The van der Waals surface area contributed by atoms with Crippen molar-refractivity contribution in [3.63, 3.8) is 0 Å². The number of Topliss-reactive ketones (excluding diaryl/α,β-unsaturated/α-hetero) is 2. The van der Waals surface area contributed by atoms with Crippen LogP contribution in [0.4, 0.5) is 0 Å². The van der Waals surface area contributed by atoms with Crippen molar-refractivity contribution >= 4 is 26.5 Å². The van der Waals surface area contributed by atoms with E-state index in [1.807, 2.05) is 48.5 Å².